The number of thiazole rings is 2. The van der Waals surface area contributed by atoms with Gasteiger partial charge >= 0.3 is 22.5 Å². The van der Waals surface area contributed by atoms with Crippen LogP contribution in [0, 0.1) is 13.8 Å². The van der Waals surface area contributed by atoms with E-state index in [0.29, 0.717) is 67.6 Å². The highest BCUT2D eigenvalue weighted by Crippen LogP contribution is 2.30. The molecule has 0 aliphatic carbocycles. The first kappa shape index (κ1) is 65.5. The second-order valence-electron chi connectivity index (χ2n) is 25.6. The summed E-state index contributed by atoms with van der Waals surface area (Å²) in [6.07, 6.45) is 16.8. The maximum Gasteiger partial charge on any atom is 0.347 e. The number of fused-ring (bicyclic) bond motifs is 8. The molecule has 16 aromatic rings. The maximum absolute atomic E-state index is 12.6. The van der Waals surface area contributed by atoms with E-state index in [4.69, 9.17) is 17.7 Å². The van der Waals surface area contributed by atoms with Crippen molar-refractivity contribution in [1.29, 1.82) is 0 Å². The number of rotatable bonds is 8. The van der Waals surface area contributed by atoms with Gasteiger partial charge in [-0.3, -0.25) is 8.80 Å². The molecule has 4 aliphatic rings. The molecule has 20 heterocycles. The number of nitrogens with zero attached hydrogens (tertiary/aromatic N) is 16. The molecular formula is C74H68N20O8S2. The van der Waals surface area contributed by atoms with E-state index < -0.39 is 16.9 Å². The lowest BCUT2D eigenvalue weighted by molar-refractivity contribution is 0.547. The summed E-state index contributed by atoms with van der Waals surface area (Å²) >= 11 is 3.12. The Kier molecular flexibility index (Phi) is 17.8. The highest BCUT2D eigenvalue weighted by molar-refractivity contribution is 7.17. The van der Waals surface area contributed by atoms with Gasteiger partial charge in [0.05, 0.1) is 44.9 Å². The highest BCUT2D eigenvalue weighted by Gasteiger charge is 2.22. The van der Waals surface area contributed by atoms with Crippen molar-refractivity contribution in [1.82, 2.24) is 79.0 Å². The summed E-state index contributed by atoms with van der Waals surface area (Å²) in [6, 6.07) is 30.4. The van der Waals surface area contributed by atoms with E-state index in [1.54, 1.807) is 34.3 Å². The second kappa shape index (κ2) is 28.2. The summed E-state index contributed by atoms with van der Waals surface area (Å²) in [7, 11) is 0. The van der Waals surface area contributed by atoms with E-state index >= 15 is 0 Å². The van der Waals surface area contributed by atoms with Crippen molar-refractivity contribution in [3.05, 3.63) is 210 Å². The zero-order valence-electron chi connectivity index (χ0n) is 56.6. The lowest BCUT2D eigenvalue weighted by Gasteiger charge is -2.28. The molecule has 30 heteroatoms. The topological polar surface area (TPSA) is 303 Å². The molecule has 0 bridgehead atoms. The molecule has 0 aromatic carbocycles. The highest BCUT2D eigenvalue weighted by atomic mass is 32.1. The van der Waals surface area contributed by atoms with Gasteiger partial charge in [0.15, 0.2) is 9.92 Å². The first-order chi connectivity index (χ1) is 50.9. The number of aryl methyl sites for hydroxylation is 2. The smallest absolute Gasteiger partial charge is 0.347 e. The first-order valence-electron chi connectivity index (χ1n) is 34.3. The molecule has 4 saturated heterocycles. The number of hydrogen-bond donors (Lipinski definition) is 4. The summed E-state index contributed by atoms with van der Waals surface area (Å²) in [5.41, 5.74) is 7.34. The van der Waals surface area contributed by atoms with E-state index in [2.05, 4.69) is 80.9 Å². The molecule has 0 unspecified atom stereocenters. The molecular weight excluding hydrogens is 1360 g/mol. The van der Waals surface area contributed by atoms with Gasteiger partial charge in [0, 0.05) is 204 Å². The van der Waals surface area contributed by atoms with Gasteiger partial charge in [-0.15, -0.1) is 22.7 Å². The Balaban J connectivity index is 0.000000103. The number of piperazine rings is 4. The van der Waals surface area contributed by atoms with Crippen molar-refractivity contribution in [3.8, 4) is 45.0 Å². The van der Waals surface area contributed by atoms with Crippen molar-refractivity contribution >= 4 is 111 Å². The van der Waals surface area contributed by atoms with Crippen molar-refractivity contribution < 1.29 is 17.7 Å². The number of anilines is 4. The van der Waals surface area contributed by atoms with E-state index in [9.17, 15) is 19.2 Å². The molecule has 104 heavy (non-hydrogen) atoms. The third kappa shape index (κ3) is 13.5. The average Bonchev–Trinajstić information content (AvgIpc) is 1.54. The van der Waals surface area contributed by atoms with E-state index in [-0.39, 0.29) is 5.63 Å². The SMILES string of the molecule is Cc1ccn2nc(-c3cc4ccc(N5CCNCC5)nc4oc3=O)cc2c1.Cc1cn2cc(-c3cc4cnc(N5CCNCC5)cc4oc3=O)nc2s1.O=c1oc2cc(N3CCNCC3)ncc2cc1-c1cn2ccccc2n1.O=c1oc2nc(N3CCNCC3)ccc2cc1-c1cn2ccsc2n1. The van der Waals surface area contributed by atoms with Gasteiger partial charge in [-0.2, -0.15) is 15.1 Å². The largest absolute Gasteiger partial charge is 0.422 e. The molecule has 0 saturated carbocycles. The van der Waals surface area contributed by atoms with Crippen LogP contribution in [0.3, 0.4) is 0 Å². The van der Waals surface area contributed by atoms with Crippen LogP contribution in [0.5, 0.6) is 0 Å². The Morgan fingerprint density at radius 1 is 0.413 bits per heavy atom. The predicted octanol–water partition coefficient (Wildman–Crippen LogP) is 8.39. The third-order valence-corrected chi connectivity index (χ3v) is 20.3. The molecule has 28 nitrogen and oxygen atoms in total. The lowest BCUT2D eigenvalue weighted by atomic mass is 10.1. The molecule has 16 aromatic heterocycles. The average molecular weight is 1430 g/mol. The van der Waals surface area contributed by atoms with Gasteiger partial charge in [0.1, 0.15) is 45.8 Å². The van der Waals surface area contributed by atoms with Gasteiger partial charge in [-0.1, -0.05) is 6.07 Å². The summed E-state index contributed by atoms with van der Waals surface area (Å²) in [5.74, 6) is 3.35. The van der Waals surface area contributed by atoms with Crippen LogP contribution in [0.2, 0.25) is 0 Å². The molecule has 0 atom stereocenters. The molecule has 524 valence electrons. The Labute approximate surface area is 598 Å². The number of hydrogen-bond acceptors (Lipinski definition) is 26. The Bertz CT molecular complexity index is 6050. The van der Waals surface area contributed by atoms with Crippen molar-refractivity contribution in [2.45, 2.75) is 13.8 Å². The predicted molar refractivity (Wildman–Crippen MR) is 403 cm³/mol. The van der Waals surface area contributed by atoms with Gasteiger partial charge in [0.25, 0.3) is 0 Å². The number of imidazole rings is 3. The number of nitrogens with one attached hydrogen (secondary N) is 4. The van der Waals surface area contributed by atoms with Crippen LogP contribution in [0.1, 0.15) is 10.4 Å². The van der Waals surface area contributed by atoms with Gasteiger partial charge < -0.3 is 62.9 Å². The molecule has 4 N–H and O–H groups in total. The zero-order valence-corrected chi connectivity index (χ0v) is 58.2. The monoisotopic (exact) mass is 1430 g/mol. The van der Waals surface area contributed by atoms with Crippen molar-refractivity contribution in [2.75, 3.05) is 124 Å². The van der Waals surface area contributed by atoms with Gasteiger partial charge in [-0.25, -0.2) is 48.6 Å². The summed E-state index contributed by atoms with van der Waals surface area (Å²) in [4.78, 5) is 93.5. The van der Waals surface area contributed by atoms with Crippen molar-refractivity contribution in [2.24, 2.45) is 0 Å². The molecule has 4 aliphatic heterocycles. The van der Waals surface area contributed by atoms with Crippen LogP contribution in [-0.2, 0) is 0 Å². The summed E-state index contributed by atoms with van der Waals surface area (Å²) < 4.78 is 29.7. The fourth-order valence-corrected chi connectivity index (χ4v) is 14.7. The minimum atomic E-state index is -0.424. The normalized spacial score (nSPS) is 15.1. The fourth-order valence-electron chi connectivity index (χ4n) is 13.2. The summed E-state index contributed by atoms with van der Waals surface area (Å²) in [5, 5.41) is 22.9. The lowest BCUT2D eigenvalue weighted by Crippen LogP contribution is -2.43. The number of pyridine rings is 6. The Hall–Kier alpha value is -11.8. The molecule has 0 amide bonds. The molecule has 0 spiro atoms. The van der Waals surface area contributed by atoms with Crippen LogP contribution in [0.4, 0.5) is 23.3 Å². The van der Waals surface area contributed by atoms with Crippen LogP contribution < -0.4 is 63.4 Å². The van der Waals surface area contributed by atoms with Gasteiger partial charge in [0.2, 0.25) is 11.4 Å². The zero-order chi connectivity index (χ0) is 70.4. The molecule has 20 rings (SSSR count). The van der Waals surface area contributed by atoms with Crippen LogP contribution in [0.25, 0.3) is 110 Å². The van der Waals surface area contributed by atoms with Crippen LogP contribution in [-0.4, -0.2) is 162 Å². The van der Waals surface area contributed by atoms with E-state index in [1.807, 2.05) is 167 Å². The van der Waals surface area contributed by atoms with E-state index in [0.717, 1.165) is 176 Å². The minimum absolute atomic E-state index is 0.361. The Morgan fingerprint density at radius 2 is 0.894 bits per heavy atom. The first-order valence-corrected chi connectivity index (χ1v) is 36.0. The third-order valence-electron chi connectivity index (χ3n) is 18.6. The fraction of sp³-hybridized carbons (Fsp3) is 0.243. The summed E-state index contributed by atoms with van der Waals surface area (Å²) in [6.45, 7) is 18.6. The molecule has 0 radical (unpaired) electrons. The van der Waals surface area contributed by atoms with Crippen LogP contribution >= 0.6 is 22.7 Å². The number of aromatic nitrogens is 12. The molecule has 4 fully saturated rings. The quantitative estimate of drug-likeness (QED) is 0.111. The maximum atomic E-state index is 12.6. The standard InChI is InChI=1S/C20H19N5O2.C19H17N5O2.C18H17N5O2S.C17H15N5O2S/c1-13-4-7-25-15(10-13)12-17(23-25)16-11-14-2-3-18(22-19(14)27-20(16)26)24-8-5-21-6-9-24;25-19-14(15-12-24-6-2-1-3-17(24)22-15)9-13-11-21-18(10-16(13)26-19)23-7-4-20-5-8-23;1-11-9-23-10-14(21-18(23)26-11)13-6-12-8-20-16(7-15(12)25-17(13)24)22-4-2-19-3-5-22;23-16-12(13-10-22-7-8-25-17(22)19-13)9-11-1-2-14(20-15(11)24-16)21-5-3-18-4-6-21/h2-4,7,10-12,21H,5-6,8-9H2,1H3;1-3,6,9-12,20H,4-5,7-8H2;6-10,19H,2-5H2,1H3;1-2,7-10,18H,3-6H2. The van der Waals surface area contributed by atoms with Gasteiger partial charge in [-0.05, 0) is 98.3 Å². The minimum Gasteiger partial charge on any atom is -0.422 e. The van der Waals surface area contributed by atoms with Crippen molar-refractivity contribution in [3.63, 3.8) is 0 Å². The van der Waals surface area contributed by atoms with E-state index in [1.165, 1.54) is 16.2 Å². The van der Waals surface area contributed by atoms with Crippen LogP contribution in [0.15, 0.2) is 195 Å². The second-order valence-corrected chi connectivity index (χ2v) is 27.7. The Morgan fingerprint density at radius 3 is 1.42 bits per heavy atom.